The zero-order chi connectivity index (χ0) is 12.9. The zero-order valence-electron chi connectivity index (χ0n) is 10.9. The Morgan fingerprint density at radius 1 is 1.53 bits per heavy atom. The van der Waals surface area contributed by atoms with Crippen molar-refractivity contribution in [2.45, 2.75) is 44.8 Å². The van der Waals surface area contributed by atoms with E-state index in [-0.39, 0.29) is 11.9 Å². The summed E-state index contributed by atoms with van der Waals surface area (Å²) in [7, 11) is 0. The molecule has 100 valence electrons. The minimum Gasteiger partial charge on any atom is -0.388 e. The first-order valence-electron chi connectivity index (χ1n) is 6.40. The second-order valence-corrected chi connectivity index (χ2v) is 5.24. The third-order valence-electron chi connectivity index (χ3n) is 3.43. The molecule has 0 aromatic heterocycles. The lowest BCUT2D eigenvalue weighted by Gasteiger charge is -2.30. The van der Waals surface area contributed by atoms with Crippen molar-refractivity contribution in [1.82, 2.24) is 10.2 Å². The van der Waals surface area contributed by atoms with Crippen molar-refractivity contribution in [3.8, 4) is 0 Å². The fourth-order valence-electron chi connectivity index (χ4n) is 1.78. The Balaban J connectivity index is 2.21. The summed E-state index contributed by atoms with van der Waals surface area (Å²) in [5, 5.41) is 12.5. The zero-order valence-corrected chi connectivity index (χ0v) is 10.9. The van der Waals surface area contributed by atoms with E-state index in [1.165, 1.54) is 0 Å². The van der Waals surface area contributed by atoms with Gasteiger partial charge in [0.1, 0.15) is 0 Å². The molecule has 1 atom stereocenters. The Labute approximate surface area is 103 Å². The molecule has 1 saturated heterocycles. The number of piperidine rings is 1. The van der Waals surface area contributed by atoms with Crippen molar-refractivity contribution >= 4 is 5.91 Å². The highest BCUT2D eigenvalue weighted by molar-refractivity contribution is 5.78. The molecule has 5 nitrogen and oxygen atoms in total. The quantitative estimate of drug-likeness (QED) is 0.619. The number of carbonyl (C=O) groups is 1. The molecule has 1 fully saturated rings. The monoisotopic (exact) mass is 243 g/mol. The summed E-state index contributed by atoms with van der Waals surface area (Å²) in [5.41, 5.74) is 5.00. The van der Waals surface area contributed by atoms with Crippen LogP contribution in [0.25, 0.3) is 0 Å². The third-order valence-corrected chi connectivity index (χ3v) is 3.43. The molecule has 1 aliphatic heterocycles. The van der Waals surface area contributed by atoms with Crippen molar-refractivity contribution in [2.75, 3.05) is 26.2 Å². The van der Waals surface area contributed by atoms with Crippen LogP contribution in [0.1, 0.15) is 33.1 Å². The number of nitrogens with one attached hydrogen (secondary N) is 1. The minimum absolute atomic E-state index is 0.0193. The summed E-state index contributed by atoms with van der Waals surface area (Å²) in [4.78, 5) is 13.8. The second kappa shape index (κ2) is 6.33. The van der Waals surface area contributed by atoms with Crippen molar-refractivity contribution in [3.63, 3.8) is 0 Å². The van der Waals surface area contributed by atoms with E-state index < -0.39 is 5.60 Å². The SMILES string of the molecule is CCC(C)(O)CNC(=O)CN1CCC(N)CC1. The summed E-state index contributed by atoms with van der Waals surface area (Å²) >= 11 is 0. The van der Waals surface area contributed by atoms with Gasteiger partial charge in [0.05, 0.1) is 12.1 Å². The van der Waals surface area contributed by atoms with Gasteiger partial charge in [-0.05, 0) is 26.2 Å². The molecule has 0 spiro atoms. The number of aliphatic hydroxyl groups is 1. The summed E-state index contributed by atoms with van der Waals surface area (Å²) in [6.07, 6.45) is 2.55. The molecule has 0 aliphatic carbocycles. The molecule has 4 N–H and O–H groups in total. The van der Waals surface area contributed by atoms with Crippen LogP contribution < -0.4 is 11.1 Å². The van der Waals surface area contributed by atoms with Gasteiger partial charge in [-0.3, -0.25) is 9.69 Å². The number of nitrogens with two attached hydrogens (primary N) is 1. The molecule has 1 rings (SSSR count). The lowest BCUT2D eigenvalue weighted by atomic mass is 10.0. The van der Waals surface area contributed by atoms with E-state index in [9.17, 15) is 9.90 Å². The molecule has 0 aromatic rings. The largest absolute Gasteiger partial charge is 0.388 e. The van der Waals surface area contributed by atoms with Crippen LogP contribution in [0, 0.1) is 0 Å². The van der Waals surface area contributed by atoms with Crippen LogP contribution >= 0.6 is 0 Å². The predicted molar refractivity (Wildman–Crippen MR) is 67.6 cm³/mol. The van der Waals surface area contributed by atoms with Crippen LogP contribution in [0.3, 0.4) is 0 Å². The number of hydrogen-bond donors (Lipinski definition) is 3. The minimum atomic E-state index is -0.806. The first-order chi connectivity index (χ1) is 7.93. The van der Waals surface area contributed by atoms with E-state index in [1.54, 1.807) is 6.92 Å². The molecule has 0 aromatic carbocycles. The van der Waals surface area contributed by atoms with Crippen LogP contribution in [-0.2, 0) is 4.79 Å². The molecule has 1 amide bonds. The number of nitrogens with zero attached hydrogens (tertiary/aromatic N) is 1. The van der Waals surface area contributed by atoms with E-state index in [0.717, 1.165) is 25.9 Å². The maximum Gasteiger partial charge on any atom is 0.234 e. The van der Waals surface area contributed by atoms with E-state index in [0.29, 0.717) is 19.5 Å². The van der Waals surface area contributed by atoms with Gasteiger partial charge in [-0.25, -0.2) is 0 Å². The summed E-state index contributed by atoms with van der Waals surface area (Å²) in [5.74, 6) is -0.0193. The highest BCUT2D eigenvalue weighted by Crippen LogP contribution is 2.08. The second-order valence-electron chi connectivity index (χ2n) is 5.24. The van der Waals surface area contributed by atoms with E-state index in [1.807, 2.05) is 6.92 Å². The smallest absolute Gasteiger partial charge is 0.234 e. The van der Waals surface area contributed by atoms with Crippen molar-refractivity contribution < 1.29 is 9.90 Å². The van der Waals surface area contributed by atoms with Gasteiger partial charge in [0, 0.05) is 25.7 Å². The fraction of sp³-hybridized carbons (Fsp3) is 0.917. The Hall–Kier alpha value is -0.650. The predicted octanol–water partition coefficient (Wildman–Crippen LogP) is -0.313. The highest BCUT2D eigenvalue weighted by atomic mass is 16.3. The molecule has 0 saturated carbocycles. The average molecular weight is 243 g/mol. The van der Waals surface area contributed by atoms with E-state index >= 15 is 0 Å². The molecule has 1 aliphatic rings. The van der Waals surface area contributed by atoms with Gasteiger partial charge >= 0.3 is 0 Å². The Morgan fingerprint density at radius 2 is 2.12 bits per heavy atom. The Kier molecular flexibility index (Phi) is 5.36. The normalized spacial score (nSPS) is 22.1. The van der Waals surface area contributed by atoms with E-state index in [2.05, 4.69) is 10.2 Å². The standard InChI is InChI=1S/C12H25N3O2/c1-3-12(2,17)9-14-11(16)8-15-6-4-10(13)5-7-15/h10,17H,3-9,13H2,1-2H3,(H,14,16). The average Bonchev–Trinajstić information content (AvgIpc) is 2.30. The van der Waals surface area contributed by atoms with Gasteiger partial charge in [0.15, 0.2) is 0 Å². The van der Waals surface area contributed by atoms with Crippen molar-refractivity contribution in [1.29, 1.82) is 0 Å². The van der Waals surface area contributed by atoms with Gasteiger partial charge in [-0.1, -0.05) is 6.92 Å². The van der Waals surface area contributed by atoms with Crippen LogP contribution in [0.15, 0.2) is 0 Å². The number of hydrogen-bond acceptors (Lipinski definition) is 4. The maximum absolute atomic E-state index is 11.7. The summed E-state index contributed by atoms with van der Waals surface area (Å²) in [6.45, 7) is 6.13. The summed E-state index contributed by atoms with van der Waals surface area (Å²) in [6, 6.07) is 0.287. The van der Waals surface area contributed by atoms with Gasteiger partial charge < -0.3 is 16.2 Å². The Bertz CT molecular complexity index is 248. The first kappa shape index (κ1) is 14.4. The lowest BCUT2D eigenvalue weighted by molar-refractivity contribution is -0.123. The number of amides is 1. The molecular formula is C12H25N3O2. The number of rotatable bonds is 5. The van der Waals surface area contributed by atoms with Crippen LogP contribution in [-0.4, -0.2) is 53.7 Å². The van der Waals surface area contributed by atoms with Crippen LogP contribution in [0.2, 0.25) is 0 Å². The molecule has 0 radical (unpaired) electrons. The van der Waals surface area contributed by atoms with E-state index in [4.69, 9.17) is 5.73 Å². The molecule has 17 heavy (non-hydrogen) atoms. The molecule has 5 heteroatoms. The highest BCUT2D eigenvalue weighted by Gasteiger charge is 2.21. The first-order valence-corrected chi connectivity index (χ1v) is 6.40. The van der Waals surface area contributed by atoms with Crippen molar-refractivity contribution in [2.24, 2.45) is 5.73 Å². The lowest BCUT2D eigenvalue weighted by Crippen LogP contribution is -2.47. The van der Waals surface area contributed by atoms with Gasteiger partial charge in [0.25, 0.3) is 0 Å². The molecule has 1 heterocycles. The van der Waals surface area contributed by atoms with Crippen LogP contribution in [0.5, 0.6) is 0 Å². The van der Waals surface area contributed by atoms with Gasteiger partial charge in [-0.15, -0.1) is 0 Å². The third kappa shape index (κ3) is 5.48. The van der Waals surface area contributed by atoms with Gasteiger partial charge in [0.2, 0.25) is 5.91 Å². The number of carbonyl (C=O) groups excluding carboxylic acids is 1. The molecule has 0 bridgehead atoms. The number of likely N-dealkylation sites (tertiary alicyclic amines) is 1. The topological polar surface area (TPSA) is 78.6 Å². The Morgan fingerprint density at radius 3 is 2.65 bits per heavy atom. The van der Waals surface area contributed by atoms with Crippen molar-refractivity contribution in [3.05, 3.63) is 0 Å². The van der Waals surface area contributed by atoms with Gasteiger partial charge in [-0.2, -0.15) is 0 Å². The summed E-state index contributed by atoms with van der Waals surface area (Å²) < 4.78 is 0. The molecular weight excluding hydrogens is 218 g/mol. The van der Waals surface area contributed by atoms with Crippen LogP contribution in [0.4, 0.5) is 0 Å². The molecule has 1 unspecified atom stereocenters. The fourth-order valence-corrected chi connectivity index (χ4v) is 1.78. The maximum atomic E-state index is 11.7.